The fourth-order valence-electron chi connectivity index (χ4n) is 3.90. The number of methoxy groups -OCH3 is 1. The summed E-state index contributed by atoms with van der Waals surface area (Å²) in [6, 6.07) is 5.76. The van der Waals surface area contributed by atoms with Crippen molar-refractivity contribution in [3.05, 3.63) is 33.4 Å². The van der Waals surface area contributed by atoms with Crippen LogP contribution in [0.1, 0.15) is 40.9 Å². The molecule has 4 rings (SSSR count). The normalized spacial score (nSPS) is 14.7. The van der Waals surface area contributed by atoms with E-state index in [1.165, 1.54) is 10.8 Å². The van der Waals surface area contributed by atoms with E-state index in [0.29, 0.717) is 34.0 Å². The van der Waals surface area contributed by atoms with Gasteiger partial charge in [0.2, 0.25) is 0 Å². The molecule has 35 heavy (non-hydrogen) atoms. The van der Waals surface area contributed by atoms with Gasteiger partial charge < -0.3 is 4.74 Å². The number of nitrogens with zero attached hydrogens (tertiary/aromatic N) is 3. The van der Waals surface area contributed by atoms with E-state index in [0.717, 1.165) is 50.2 Å². The molecule has 0 saturated carbocycles. The third-order valence-electron chi connectivity index (χ3n) is 5.85. The number of hydrogen-bond donors (Lipinski definition) is 2. The monoisotopic (exact) mass is 547 g/mol. The number of aromatic nitrogens is 2. The van der Waals surface area contributed by atoms with Crippen molar-refractivity contribution in [2.45, 2.75) is 32.6 Å². The number of primary amides is 1. The first-order valence-electron chi connectivity index (χ1n) is 11.7. The molecule has 0 aliphatic carbocycles. The Balaban J connectivity index is 1.55. The predicted molar refractivity (Wildman–Crippen MR) is 137 cm³/mol. The molecule has 0 radical (unpaired) electrons. The van der Waals surface area contributed by atoms with Crippen LogP contribution in [0.25, 0.3) is 10.9 Å². The summed E-state index contributed by atoms with van der Waals surface area (Å²) >= 11 is -0.130. The van der Waals surface area contributed by atoms with Gasteiger partial charge in [-0.05, 0) is 0 Å². The number of nitrogens with one attached hydrogen (secondary N) is 1. The SMILES string of the molecule is COc1cc2c(Nc3cc(C(C)(C)C)[se]c3C(N)=O)ncnc2cc1OCCCN1CCOCC1. The predicted octanol–water partition coefficient (Wildman–Crippen LogP) is 2.94. The van der Waals surface area contributed by atoms with E-state index in [2.05, 4.69) is 41.0 Å². The number of nitrogens with two attached hydrogens (primary N) is 1. The molecule has 0 spiro atoms. The molecule has 3 heterocycles. The summed E-state index contributed by atoms with van der Waals surface area (Å²) in [5.74, 6) is 1.42. The van der Waals surface area contributed by atoms with Crippen molar-refractivity contribution in [2.75, 3.05) is 51.9 Å². The van der Waals surface area contributed by atoms with Gasteiger partial charge in [-0.25, -0.2) is 0 Å². The molecule has 1 saturated heterocycles. The van der Waals surface area contributed by atoms with Crippen LogP contribution in [-0.4, -0.2) is 81.8 Å². The van der Waals surface area contributed by atoms with E-state index in [1.807, 2.05) is 18.2 Å². The first-order chi connectivity index (χ1) is 16.8. The summed E-state index contributed by atoms with van der Waals surface area (Å²) in [5, 5.41) is 4.10. The zero-order chi connectivity index (χ0) is 25.0. The van der Waals surface area contributed by atoms with Crippen LogP contribution < -0.4 is 20.5 Å². The number of amides is 1. The number of benzene rings is 1. The number of ether oxygens (including phenoxy) is 3. The Morgan fingerprint density at radius 3 is 2.66 bits per heavy atom. The fourth-order valence-corrected chi connectivity index (χ4v) is 6.04. The number of carbonyl (C=O) groups is 1. The molecule has 0 unspecified atom stereocenters. The van der Waals surface area contributed by atoms with Crippen LogP contribution in [0.15, 0.2) is 24.5 Å². The molecular weight excluding hydrogens is 513 g/mol. The Morgan fingerprint density at radius 2 is 1.97 bits per heavy atom. The standard InChI is InChI=1S/C25H33N5O4Se/c1-25(2,3)21-14-18(22(35-21)23(26)31)29-24-16-12-19(32-4)20(13-17(16)27-15-28-24)34-9-5-6-30-7-10-33-11-8-30/h12-15H,5-11H2,1-4H3,(H2,26,31)(H,27,28,29). The van der Waals surface area contributed by atoms with Crippen LogP contribution in [-0.2, 0) is 10.2 Å². The Morgan fingerprint density at radius 1 is 1.20 bits per heavy atom. The number of carbonyl (C=O) groups excluding carboxylic acids is 1. The topological polar surface area (TPSA) is 112 Å². The number of morpholine rings is 1. The minimum atomic E-state index is -0.410. The molecule has 0 atom stereocenters. The Bertz CT molecular complexity index is 1180. The summed E-state index contributed by atoms with van der Waals surface area (Å²) < 4.78 is 18.9. The number of hydrogen-bond acceptors (Lipinski definition) is 8. The van der Waals surface area contributed by atoms with Crippen LogP contribution in [0, 0.1) is 0 Å². The van der Waals surface area contributed by atoms with Crippen molar-refractivity contribution >= 4 is 42.8 Å². The molecule has 2 aromatic heterocycles. The van der Waals surface area contributed by atoms with Crippen LogP contribution in [0.2, 0.25) is 0 Å². The maximum absolute atomic E-state index is 12.1. The van der Waals surface area contributed by atoms with Gasteiger partial charge in [0.25, 0.3) is 0 Å². The minimum absolute atomic E-state index is 0.0465. The third-order valence-corrected chi connectivity index (χ3v) is 9.15. The summed E-state index contributed by atoms with van der Waals surface area (Å²) in [4.78, 5) is 23.4. The Labute approximate surface area is 211 Å². The minimum Gasteiger partial charge on any atom is -0.379 e. The van der Waals surface area contributed by atoms with Crippen molar-refractivity contribution in [3.8, 4) is 11.5 Å². The van der Waals surface area contributed by atoms with Gasteiger partial charge in [0.1, 0.15) is 0 Å². The molecule has 1 aromatic carbocycles. The van der Waals surface area contributed by atoms with Gasteiger partial charge in [-0.1, -0.05) is 0 Å². The van der Waals surface area contributed by atoms with Crippen LogP contribution >= 0.6 is 0 Å². The molecular formula is C25H33N5O4Se. The number of fused-ring (bicyclic) bond motifs is 1. The van der Waals surface area contributed by atoms with Crippen molar-refractivity contribution < 1.29 is 19.0 Å². The molecule has 1 aliphatic heterocycles. The van der Waals surface area contributed by atoms with Gasteiger partial charge in [0.15, 0.2) is 0 Å². The molecule has 3 aromatic rings. The maximum atomic E-state index is 12.1. The summed E-state index contributed by atoms with van der Waals surface area (Å²) in [6.45, 7) is 11.5. The van der Waals surface area contributed by atoms with Gasteiger partial charge in [-0.2, -0.15) is 0 Å². The van der Waals surface area contributed by atoms with E-state index in [4.69, 9.17) is 19.9 Å². The van der Waals surface area contributed by atoms with Crippen LogP contribution in [0.3, 0.4) is 0 Å². The van der Waals surface area contributed by atoms with Crippen LogP contribution in [0.5, 0.6) is 11.5 Å². The quantitative estimate of drug-likeness (QED) is 0.311. The molecule has 1 aliphatic rings. The average Bonchev–Trinajstić information content (AvgIpc) is 3.27. The van der Waals surface area contributed by atoms with E-state index >= 15 is 0 Å². The fraction of sp³-hybridized carbons (Fsp3) is 0.480. The van der Waals surface area contributed by atoms with Gasteiger partial charge in [-0.15, -0.1) is 0 Å². The zero-order valence-electron chi connectivity index (χ0n) is 20.7. The molecule has 0 bridgehead atoms. The number of rotatable bonds is 9. The van der Waals surface area contributed by atoms with Crippen LogP contribution in [0.4, 0.5) is 11.5 Å². The summed E-state index contributed by atoms with van der Waals surface area (Å²) in [7, 11) is 1.62. The first kappa shape index (κ1) is 25.4. The molecule has 9 nitrogen and oxygen atoms in total. The summed E-state index contributed by atoms with van der Waals surface area (Å²) in [6.07, 6.45) is 2.41. The van der Waals surface area contributed by atoms with Crippen molar-refractivity contribution in [1.29, 1.82) is 0 Å². The second-order valence-corrected chi connectivity index (χ2v) is 11.7. The molecule has 188 valence electrons. The van der Waals surface area contributed by atoms with Gasteiger partial charge in [0, 0.05) is 13.1 Å². The second-order valence-electron chi connectivity index (χ2n) is 9.49. The van der Waals surface area contributed by atoms with E-state index in [-0.39, 0.29) is 19.9 Å². The van der Waals surface area contributed by atoms with E-state index in [9.17, 15) is 4.79 Å². The van der Waals surface area contributed by atoms with Gasteiger partial charge >= 0.3 is 176 Å². The Hall–Kier alpha value is -2.65. The van der Waals surface area contributed by atoms with E-state index in [1.54, 1.807) is 7.11 Å². The van der Waals surface area contributed by atoms with Crippen molar-refractivity contribution in [3.63, 3.8) is 0 Å². The van der Waals surface area contributed by atoms with Gasteiger partial charge in [0.05, 0.1) is 13.2 Å². The van der Waals surface area contributed by atoms with E-state index < -0.39 is 5.91 Å². The molecule has 3 N–H and O–H groups in total. The smallest absolute Gasteiger partial charge is 0.379 e. The van der Waals surface area contributed by atoms with Gasteiger partial charge in [-0.3, -0.25) is 4.90 Å². The van der Waals surface area contributed by atoms with Crippen molar-refractivity contribution in [1.82, 2.24) is 14.9 Å². The third kappa shape index (κ3) is 6.13. The Kier molecular flexibility index (Phi) is 7.96. The summed E-state index contributed by atoms with van der Waals surface area (Å²) in [5.41, 5.74) is 7.07. The zero-order valence-corrected chi connectivity index (χ0v) is 22.4. The second kappa shape index (κ2) is 11.0. The molecule has 1 amide bonds. The average molecular weight is 547 g/mol. The molecule has 10 heteroatoms. The molecule has 1 fully saturated rings. The van der Waals surface area contributed by atoms with Crippen molar-refractivity contribution in [2.24, 2.45) is 5.73 Å². The first-order valence-corrected chi connectivity index (χ1v) is 13.4. The number of anilines is 2.